The molecule has 2 unspecified atom stereocenters. The maximum atomic E-state index is 13.0. The Morgan fingerprint density at radius 2 is 1.73 bits per heavy atom. The van der Waals surface area contributed by atoms with E-state index < -0.39 is 12.0 Å². The summed E-state index contributed by atoms with van der Waals surface area (Å²) in [6, 6.07) is 11.8. The predicted molar refractivity (Wildman–Crippen MR) is 164 cm³/mol. The number of benzene rings is 2. The zero-order valence-corrected chi connectivity index (χ0v) is 24.4. The molecular formula is C33H43FN4O3. The highest BCUT2D eigenvalue weighted by atomic mass is 19.1. The van der Waals surface area contributed by atoms with E-state index in [9.17, 15) is 18.8 Å². The lowest BCUT2D eigenvalue weighted by Gasteiger charge is -2.26. The summed E-state index contributed by atoms with van der Waals surface area (Å²) in [7, 11) is 0. The topological polar surface area (TPSA) is 105 Å². The average Bonchev–Trinajstić information content (AvgIpc) is 3.00. The van der Waals surface area contributed by atoms with E-state index in [1.807, 2.05) is 24.0 Å². The summed E-state index contributed by atoms with van der Waals surface area (Å²) >= 11 is 0. The van der Waals surface area contributed by atoms with Gasteiger partial charge in [-0.2, -0.15) is 0 Å². The fraction of sp³-hybridized carbons (Fsp3) is 0.364. The van der Waals surface area contributed by atoms with Crippen LogP contribution >= 0.6 is 0 Å². The van der Waals surface area contributed by atoms with Crippen molar-refractivity contribution in [3.63, 3.8) is 0 Å². The molecule has 220 valence electrons. The molecule has 1 aliphatic heterocycles. The number of nitrogens with two attached hydrogens (primary N) is 1. The zero-order chi connectivity index (χ0) is 30.2. The molecular weight excluding hydrogens is 519 g/mol. The number of hydrogen-bond donors (Lipinski definition) is 3. The molecule has 1 aliphatic rings. The maximum Gasteiger partial charge on any atom is 0.253 e. The first-order valence-electron chi connectivity index (χ1n) is 14.1. The van der Waals surface area contributed by atoms with Crippen LogP contribution in [-0.4, -0.2) is 48.3 Å². The number of piperidine rings is 1. The van der Waals surface area contributed by atoms with Gasteiger partial charge in [0.25, 0.3) is 11.8 Å². The molecule has 0 bridgehead atoms. The Labute approximate surface area is 243 Å². The molecule has 4 N–H and O–H groups in total. The quantitative estimate of drug-likeness (QED) is 0.315. The highest BCUT2D eigenvalue weighted by molar-refractivity contribution is 5.99. The van der Waals surface area contributed by atoms with Gasteiger partial charge in [0, 0.05) is 48.4 Å². The van der Waals surface area contributed by atoms with E-state index >= 15 is 0 Å². The minimum atomic E-state index is -0.430. The number of amides is 3. The van der Waals surface area contributed by atoms with Crippen molar-refractivity contribution in [2.45, 2.75) is 52.5 Å². The molecule has 0 aliphatic carbocycles. The van der Waals surface area contributed by atoms with Crippen LogP contribution in [0.15, 0.2) is 85.0 Å². The molecule has 7 nitrogen and oxygen atoms in total. The predicted octanol–water partition coefficient (Wildman–Crippen LogP) is 5.87. The molecule has 2 aromatic rings. The summed E-state index contributed by atoms with van der Waals surface area (Å²) < 4.78 is 13.0. The molecule has 0 spiro atoms. The van der Waals surface area contributed by atoms with Crippen molar-refractivity contribution in [3.8, 4) is 0 Å². The van der Waals surface area contributed by atoms with Crippen LogP contribution in [-0.2, 0) is 4.79 Å². The van der Waals surface area contributed by atoms with Crippen LogP contribution in [0.3, 0.4) is 0 Å². The van der Waals surface area contributed by atoms with Crippen LogP contribution in [0, 0.1) is 11.7 Å². The van der Waals surface area contributed by atoms with Crippen molar-refractivity contribution in [1.82, 2.24) is 10.2 Å². The first-order chi connectivity index (χ1) is 19.6. The molecule has 0 saturated carbocycles. The Morgan fingerprint density at radius 3 is 2.37 bits per heavy atom. The summed E-state index contributed by atoms with van der Waals surface area (Å²) in [5, 5.41) is 5.51. The van der Waals surface area contributed by atoms with Crippen molar-refractivity contribution in [1.29, 1.82) is 0 Å². The van der Waals surface area contributed by atoms with Gasteiger partial charge >= 0.3 is 0 Å². The minimum Gasteiger partial charge on any atom is -0.350 e. The SMILES string of the molecule is C=C/C=C\C(C)=C/C.CC(CC(N)CNC(=O)c1cccc(C(=O)N2CCCCC2)c1)C(=O)Nc1ccc(F)cc1. The lowest BCUT2D eigenvalue weighted by molar-refractivity contribution is -0.119. The first kappa shape index (κ1) is 33.2. The normalized spacial score (nSPS) is 14.9. The molecule has 3 rings (SSSR count). The highest BCUT2D eigenvalue weighted by Crippen LogP contribution is 2.15. The van der Waals surface area contributed by atoms with Crippen LogP contribution in [0.2, 0.25) is 0 Å². The third kappa shape index (κ3) is 11.9. The molecule has 8 heteroatoms. The fourth-order valence-electron chi connectivity index (χ4n) is 4.16. The largest absolute Gasteiger partial charge is 0.350 e. The van der Waals surface area contributed by atoms with Gasteiger partial charge in [-0.1, -0.05) is 49.4 Å². The van der Waals surface area contributed by atoms with Gasteiger partial charge in [0.2, 0.25) is 5.91 Å². The number of nitrogens with zero attached hydrogens (tertiary/aromatic N) is 1. The first-order valence-corrected chi connectivity index (χ1v) is 14.1. The number of nitrogens with one attached hydrogen (secondary N) is 2. The lowest BCUT2D eigenvalue weighted by Crippen LogP contribution is -2.39. The summed E-state index contributed by atoms with van der Waals surface area (Å²) in [6.07, 6.45) is 11.3. The van der Waals surface area contributed by atoms with Gasteiger partial charge in [-0.05, 0) is 82.0 Å². The monoisotopic (exact) mass is 562 g/mol. The summed E-state index contributed by atoms with van der Waals surface area (Å²) in [4.78, 5) is 39.4. The Bertz CT molecular complexity index is 1220. The van der Waals surface area contributed by atoms with Gasteiger partial charge in [-0.3, -0.25) is 14.4 Å². The van der Waals surface area contributed by atoms with Crippen LogP contribution in [0.4, 0.5) is 10.1 Å². The molecule has 2 atom stereocenters. The van der Waals surface area contributed by atoms with E-state index in [0.717, 1.165) is 32.4 Å². The molecule has 0 radical (unpaired) electrons. The van der Waals surface area contributed by atoms with Crippen molar-refractivity contribution >= 4 is 23.4 Å². The number of rotatable bonds is 10. The maximum absolute atomic E-state index is 13.0. The number of likely N-dealkylation sites (tertiary alicyclic amines) is 1. The number of halogens is 1. The van der Waals surface area contributed by atoms with Gasteiger partial charge in [-0.15, -0.1) is 0 Å². The standard InChI is InChI=1S/C25H31FN4O3.C8H12/c1-17(23(31)29-22-10-8-20(26)9-11-22)14-21(27)16-28-24(32)18-6-5-7-19(15-18)25(33)30-12-3-2-4-13-30;1-4-6-7-8(3)5-2/h5-11,15,17,21H,2-4,12-14,16,27H2,1H3,(H,28,32)(H,29,31);4-7H,1H2,2-3H3/b;7-6-,8-5-. The summed E-state index contributed by atoms with van der Waals surface area (Å²) in [5.41, 5.74) is 8.79. The lowest BCUT2D eigenvalue weighted by atomic mass is 10.0. The molecule has 2 aromatic carbocycles. The molecule has 1 saturated heterocycles. The number of carbonyl (C=O) groups excluding carboxylic acids is 3. The van der Waals surface area contributed by atoms with Crippen molar-refractivity contribution in [2.75, 3.05) is 25.0 Å². The van der Waals surface area contributed by atoms with Gasteiger partial charge in [0.15, 0.2) is 0 Å². The number of allylic oxidation sites excluding steroid dienone is 5. The van der Waals surface area contributed by atoms with Crippen molar-refractivity contribution in [2.24, 2.45) is 11.7 Å². The molecule has 0 aromatic heterocycles. The number of hydrogen-bond acceptors (Lipinski definition) is 4. The third-order valence-corrected chi connectivity index (χ3v) is 6.71. The van der Waals surface area contributed by atoms with E-state index in [2.05, 4.69) is 30.2 Å². The van der Waals surface area contributed by atoms with Crippen LogP contribution in [0.5, 0.6) is 0 Å². The van der Waals surface area contributed by atoms with E-state index in [1.54, 1.807) is 37.3 Å². The second-order valence-electron chi connectivity index (χ2n) is 10.2. The zero-order valence-electron chi connectivity index (χ0n) is 24.4. The number of anilines is 1. The Morgan fingerprint density at radius 1 is 1.07 bits per heavy atom. The Hall–Kier alpha value is -4.04. The van der Waals surface area contributed by atoms with E-state index in [4.69, 9.17) is 5.73 Å². The highest BCUT2D eigenvalue weighted by Gasteiger charge is 2.20. The summed E-state index contributed by atoms with van der Waals surface area (Å²) in [5.74, 6) is -1.37. The third-order valence-electron chi connectivity index (χ3n) is 6.71. The van der Waals surface area contributed by atoms with E-state index in [1.165, 1.54) is 29.8 Å². The minimum absolute atomic E-state index is 0.0537. The average molecular weight is 563 g/mol. The Kier molecular flexibility index (Phi) is 14.2. The van der Waals surface area contributed by atoms with Gasteiger partial charge in [0.1, 0.15) is 5.82 Å². The van der Waals surface area contributed by atoms with Crippen LogP contribution < -0.4 is 16.4 Å². The van der Waals surface area contributed by atoms with Gasteiger partial charge in [0.05, 0.1) is 0 Å². The van der Waals surface area contributed by atoms with Crippen LogP contribution in [0.25, 0.3) is 0 Å². The van der Waals surface area contributed by atoms with Gasteiger partial charge < -0.3 is 21.3 Å². The van der Waals surface area contributed by atoms with E-state index in [-0.39, 0.29) is 30.1 Å². The molecule has 1 fully saturated rings. The Balaban J connectivity index is 0.000000642. The van der Waals surface area contributed by atoms with E-state index in [0.29, 0.717) is 23.2 Å². The summed E-state index contributed by atoms with van der Waals surface area (Å²) in [6.45, 7) is 11.1. The molecule has 1 heterocycles. The van der Waals surface area contributed by atoms with Crippen molar-refractivity contribution < 1.29 is 18.8 Å². The second kappa shape index (κ2) is 17.6. The van der Waals surface area contributed by atoms with Crippen molar-refractivity contribution in [3.05, 3.63) is 102 Å². The fourth-order valence-corrected chi connectivity index (χ4v) is 4.16. The van der Waals surface area contributed by atoms with Gasteiger partial charge in [-0.25, -0.2) is 4.39 Å². The molecule has 3 amide bonds. The molecule has 41 heavy (non-hydrogen) atoms. The second-order valence-corrected chi connectivity index (χ2v) is 10.2. The smallest absolute Gasteiger partial charge is 0.253 e. The van der Waals surface area contributed by atoms with Crippen LogP contribution in [0.1, 0.15) is 67.2 Å². The number of carbonyl (C=O) groups is 3.